The van der Waals surface area contributed by atoms with Crippen molar-refractivity contribution >= 4 is 38.2 Å². The van der Waals surface area contributed by atoms with Gasteiger partial charge in [-0.1, -0.05) is 41.9 Å². The van der Waals surface area contributed by atoms with Gasteiger partial charge in [0.2, 0.25) is 10.0 Å². The highest BCUT2D eigenvalue weighted by Gasteiger charge is 2.37. The summed E-state index contributed by atoms with van der Waals surface area (Å²) in [4.78, 5) is 13.7. The van der Waals surface area contributed by atoms with Crippen molar-refractivity contribution in [3.05, 3.63) is 99.7 Å². The fourth-order valence-corrected chi connectivity index (χ4v) is 5.22. The lowest BCUT2D eigenvalue weighted by molar-refractivity contribution is 0.312. The molecule has 0 aliphatic carbocycles. The molecule has 7 nitrogen and oxygen atoms in total. The second kappa shape index (κ2) is 7.91. The summed E-state index contributed by atoms with van der Waals surface area (Å²) < 4.78 is 33.3. The van der Waals surface area contributed by atoms with Gasteiger partial charge in [0, 0.05) is 23.0 Å². The first kappa shape index (κ1) is 21.5. The number of hydrazine groups is 1. The quantitative estimate of drug-likeness (QED) is 0.469. The summed E-state index contributed by atoms with van der Waals surface area (Å²) >= 11 is 6.34. The Morgan fingerprint density at radius 3 is 2.45 bits per heavy atom. The van der Waals surface area contributed by atoms with E-state index in [1.54, 1.807) is 42.0 Å². The summed E-state index contributed by atoms with van der Waals surface area (Å²) in [5.41, 5.74) is 5.60. The normalized spacial score (nSPS) is 16.7. The fourth-order valence-electron chi connectivity index (χ4n) is 4.21. The van der Waals surface area contributed by atoms with Crippen molar-refractivity contribution in [1.29, 1.82) is 0 Å². The van der Waals surface area contributed by atoms with Gasteiger partial charge in [0.1, 0.15) is 11.8 Å². The first-order valence-corrected chi connectivity index (χ1v) is 12.4. The Hall–Kier alpha value is -3.33. The SMILES string of the molecule is Cn1c(=O)c(C2=C[C@H](c3ccco3)N(S(C)(=O)=O)N2)c(-c2ccccc2)c2cc(Cl)ccc21. The molecular weight excluding hydrogens is 462 g/mol. The second-order valence-electron chi connectivity index (χ2n) is 7.85. The van der Waals surface area contributed by atoms with Gasteiger partial charge in [-0.25, -0.2) is 8.42 Å². The van der Waals surface area contributed by atoms with Gasteiger partial charge in [0.05, 0.1) is 29.3 Å². The van der Waals surface area contributed by atoms with Crippen LogP contribution in [-0.4, -0.2) is 23.7 Å². The Kier molecular flexibility index (Phi) is 5.16. The number of benzene rings is 2. The van der Waals surface area contributed by atoms with E-state index >= 15 is 0 Å². The molecule has 5 rings (SSSR count). The minimum Gasteiger partial charge on any atom is -0.467 e. The monoisotopic (exact) mass is 481 g/mol. The average Bonchev–Trinajstić information content (AvgIpc) is 3.46. The number of fused-ring (bicyclic) bond motifs is 1. The number of sulfonamides is 1. The minimum atomic E-state index is -3.69. The van der Waals surface area contributed by atoms with Gasteiger partial charge in [0.25, 0.3) is 5.56 Å². The van der Waals surface area contributed by atoms with Gasteiger partial charge in [-0.2, -0.15) is 0 Å². The lowest BCUT2D eigenvalue weighted by Gasteiger charge is -2.22. The van der Waals surface area contributed by atoms with Crippen LogP contribution in [0, 0.1) is 0 Å². The molecule has 4 aromatic rings. The molecule has 0 unspecified atom stereocenters. The molecule has 0 radical (unpaired) electrons. The molecule has 33 heavy (non-hydrogen) atoms. The van der Waals surface area contributed by atoms with Crippen molar-refractivity contribution in [1.82, 2.24) is 14.4 Å². The summed E-state index contributed by atoms with van der Waals surface area (Å²) in [6.45, 7) is 0. The Balaban J connectivity index is 1.84. The third kappa shape index (κ3) is 3.66. The number of aryl methyl sites for hydroxylation is 1. The maximum atomic E-state index is 13.7. The molecular formula is C24H20ClN3O4S. The topological polar surface area (TPSA) is 84.6 Å². The van der Waals surface area contributed by atoms with Gasteiger partial charge in [-0.15, -0.1) is 4.41 Å². The zero-order chi connectivity index (χ0) is 23.3. The summed E-state index contributed by atoms with van der Waals surface area (Å²) in [6, 6.07) is 17.5. The Labute approximate surface area is 195 Å². The van der Waals surface area contributed by atoms with E-state index in [1.807, 2.05) is 36.4 Å². The molecule has 2 aromatic carbocycles. The molecule has 0 saturated heterocycles. The minimum absolute atomic E-state index is 0.268. The van der Waals surface area contributed by atoms with Gasteiger partial charge in [0.15, 0.2) is 0 Å². The number of furan rings is 1. The molecule has 0 spiro atoms. The molecule has 0 bridgehead atoms. The van der Waals surface area contributed by atoms with Gasteiger partial charge >= 0.3 is 0 Å². The van der Waals surface area contributed by atoms with Crippen molar-refractivity contribution in [3.8, 4) is 11.1 Å². The van der Waals surface area contributed by atoms with Crippen LogP contribution < -0.4 is 11.0 Å². The molecule has 1 aliphatic rings. The molecule has 2 aromatic heterocycles. The zero-order valence-corrected chi connectivity index (χ0v) is 19.4. The smallest absolute Gasteiger partial charge is 0.260 e. The molecule has 1 N–H and O–H groups in total. The molecule has 168 valence electrons. The molecule has 0 fully saturated rings. The summed E-state index contributed by atoms with van der Waals surface area (Å²) in [7, 11) is -2.00. The Morgan fingerprint density at radius 2 is 1.79 bits per heavy atom. The van der Waals surface area contributed by atoms with Crippen LogP contribution in [0.1, 0.15) is 17.4 Å². The van der Waals surface area contributed by atoms with Crippen LogP contribution >= 0.6 is 11.6 Å². The highest BCUT2D eigenvalue weighted by molar-refractivity contribution is 7.88. The summed E-state index contributed by atoms with van der Waals surface area (Å²) in [6.07, 6.45) is 4.27. The number of nitrogens with one attached hydrogen (secondary N) is 1. The van der Waals surface area contributed by atoms with Gasteiger partial charge in [-0.05, 0) is 42.0 Å². The van der Waals surface area contributed by atoms with E-state index in [0.29, 0.717) is 33.1 Å². The van der Waals surface area contributed by atoms with Crippen molar-refractivity contribution in [2.75, 3.05) is 6.26 Å². The average molecular weight is 482 g/mol. The highest BCUT2D eigenvalue weighted by Crippen LogP contribution is 2.38. The predicted molar refractivity (Wildman–Crippen MR) is 129 cm³/mol. The molecule has 3 heterocycles. The largest absolute Gasteiger partial charge is 0.467 e. The van der Waals surface area contributed by atoms with E-state index in [1.165, 1.54) is 6.26 Å². The van der Waals surface area contributed by atoms with Gasteiger partial charge in [-0.3, -0.25) is 4.79 Å². The van der Waals surface area contributed by atoms with E-state index in [9.17, 15) is 13.2 Å². The second-order valence-corrected chi connectivity index (χ2v) is 10.1. The maximum Gasteiger partial charge on any atom is 0.260 e. The Morgan fingerprint density at radius 1 is 1.03 bits per heavy atom. The molecule has 1 atom stereocenters. The number of halogens is 1. The van der Waals surface area contributed by atoms with Crippen molar-refractivity contribution in [2.24, 2.45) is 7.05 Å². The molecule has 0 saturated carbocycles. The highest BCUT2D eigenvalue weighted by atomic mass is 35.5. The zero-order valence-electron chi connectivity index (χ0n) is 17.8. The van der Waals surface area contributed by atoms with Crippen LogP contribution in [0.25, 0.3) is 27.7 Å². The number of aromatic nitrogens is 1. The lowest BCUT2D eigenvalue weighted by atomic mass is 9.94. The van der Waals surface area contributed by atoms with Crippen molar-refractivity contribution in [3.63, 3.8) is 0 Å². The van der Waals surface area contributed by atoms with Crippen LogP contribution in [0.5, 0.6) is 0 Å². The third-order valence-electron chi connectivity index (χ3n) is 5.69. The van der Waals surface area contributed by atoms with E-state index in [4.69, 9.17) is 16.0 Å². The van der Waals surface area contributed by atoms with Crippen molar-refractivity contribution in [2.45, 2.75) is 6.04 Å². The van der Waals surface area contributed by atoms with Crippen LogP contribution in [-0.2, 0) is 17.1 Å². The van der Waals surface area contributed by atoms with E-state index in [2.05, 4.69) is 5.43 Å². The standard InChI is InChI=1S/C24H20ClN3O4S/c1-27-19-11-10-16(25)13-17(19)22(15-7-4-3-5-8-15)23(24(27)29)18-14-20(21-9-6-12-32-21)28(26-18)33(2,30)31/h3-14,20,26H,1-2H3/t20-/m1/s1. The maximum absolute atomic E-state index is 13.7. The van der Waals surface area contributed by atoms with Crippen LogP contribution in [0.3, 0.4) is 0 Å². The number of hydrogen-bond acceptors (Lipinski definition) is 5. The Bertz CT molecular complexity index is 1560. The first-order chi connectivity index (χ1) is 15.8. The van der Waals surface area contributed by atoms with Crippen LogP contribution in [0.2, 0.25) is 5.02 Å². The number of rotatable bonds is 4. The fraction of sp³-hybridized carbons (Fsp3) is 0.125. The number of nitrogens with zero attached hydrogens (tertiary/aromatic N) is 2. The molecule has 0 amide bonds. The van der Waals surface area contributed by atoms with Crippen LogP contribution in [0.15, 0.2) is 82.2 Å². The van der Waals surface area contributed by atoms with E-state index < -0.39 is 16.1 Å². The van der Waals surface area contributed by atoms with Crippen molar-refractivity contribution < 1.29 is 12.8 Å². The van der Waals surface area contributed by atoms with Crippen LogP contribution in [0.4, 0.5) is 0 Å². The summed E-state index contributed by atoms with van der Waals surface area (Å²) in [5, 5.41) is 1.31. The molecule has 1 aliphatic heterocycles. The van der Waals surface area contributed by atoms with E-state index in [0.717, 1.165) is 21.6 Å². The lowest BCUT2D eigenvalue weighted by Crippen LogP contribution is -2.39. The summed E-state index contributed by atoms with van der Waals surface area (Å²) in [5.74, 6) is 0.435. The predicted octanol–water partition coefficient (Wildman–Crippen LogP) is 4.31. The number of pyridine rings is 1. The number of hydrogen-bond donors (Lipinski definition) is 1. The first-order valence-electron chi connectivity index (χ1n) is 10.1. The van der Waals surface area contributed by atoms with Gasteiger partial charge < -0.3 is 14.4 Å². The third-order valence-corrected chi connectivity index (χ3v) is 6.96. The molecule has 9 heteroatoms. The van der Waals surface area contributed by atoms with E-state index in [-0.39, 0.29) is 5.56 Å².